The average molecular weight is 404 g/mol. The third kappa shape index (κ3) is 3.72. The zero-order chi connectivity index (χ0) is 18.4. The Morgan fingerprint density at radius 2 is 1.48 bits per heavy atom. The molecule has 0 fully saturated rings. The standard InChI is InChI=1S/C17H13Cl2F2NO2S/c18-10-4-9(5-11(19)6-10)12-2-1-3-13(12)14-7-16(21)17(8-15(14)20)25(22,23)24/h4-8H,1-3H2,(H2,22,23,24). The van der Waals surface area contributed by atoms with Crippen molar-refractivity contribution >= 4 is 44.4 Å². The molecule has 0 unspecified atom stereocenters. The lowest BCUT2D eigenvalue weighted by molar-refractivity contribution is 0.552. The first-order valence-electron chi connectivity index (χ1n) is 7.37. The molecule has 0 atom stereocenters. The largest absolute Gasteiger partial charge is 0.241 e. The van der Waals surface area contributed by atoms with Crippen LogP contribution in [0, 0.1) is 11.6 Å². The highest BCUT2D eigenvalue weighted by atomic mass is 35.5. The first-order valence-corrected chi connectivity index (χ1v) is 9.68. The molecule has 2 N–H and O–H groups in total. The number of halogens is 4. The summed E-state index contributed by atoms with van der Waals surface area (Å²) in [5.41, 5.74) is 2.18. The maximum Gasteiger partial charge on any atom is 0.241 e. The van der Waals surface area contributed by atoms with E-state index in [0.717, 1.165) is 23.6 Å². The van der Waals surface area contributed by atoms with Gasteiger partial charge in [-0.25, -0.2) is 22.3 Å². The van der Waals surface area contributed by atoms with Gasteiger partial charge in [0, 0.05) is 15.6 Å². The Morgan fingerprint density at radius 1 is 0.880 bits per heavy atom. The summed E-state index contributed by atoms with van der Waals surface area (Å²) in [4.78, 5) is -0.861. The van der Waals surface area contributed by atoms with Gasteiger partial charge in [-0.1, -0.05) is 23.2 Å². The summed E-state index contributed by atoms with van der Waals surface area (Å²) < 4.78 is 51.3. The van der Waals surface area contributed by atoms with Crippen molar-refractivity contribution in [1.29, 1.82) is 0 Å². The zero-order valence-corrected chi connectivity index (χ0v) is 15.2. The molecule has 0 bridgehead atoms. The fourth-order valence-corrected chi connectivity index (χ4v) is 4.19. The summed E-state index contributed by atoms with van der Waals surface area (Å²) in [5, 5.41) is 5.79. The monoisotopic (exact) mass is 403 g/mol. The lowest BCUT2D eigenvalue weighted by Gasteiger charge is -2.12. The summed E-state index contributed by atoms with van der Waals surface area (Å²) in [6.45, 7) is 0. The predicted molar refractivity (Wildman–Crippen MR) is 94.9 cm³/mol. The molecule has 3 nitrogen and oxygen atoms in total. The lowest BCUT2D eigenvalue weighted by atomic mass is 9.96. The van der Waals surface area contributed by atoms with Gasteiger partial charge >= 0.3 is 0 Å². The second-order valence-corrected chi connectivity index (χ2v) is 8.18. The van der Waals surface area contributed by atoms with Crippen LogP contribution in [0.3, 0.4) is 0 Å². The van der Waals surface area contributed by atoms with Gasteiger partial charge in [-0.3, -0.25) is 0 Å². The van der Waals surface area contributed by atoms with Gasteiger partial charge in [0.1, 0.15) is 16.5 Å². The van der Waals surface area contributed by atoms with Crippen LogP contribution in [0.5, 0.6) is 0 Å². The molecule has 1 aliphatic rings. The van der Waals surface area contributed by atoms with Gasteiger partial charge in [-0.05, 0) is 66.3 Å². The summed E-state index contributed by atoms with van der Waals surface area (Å²) >= 11 is 12.1. The molecule has 3 rings (SSSR count). The number of rotatable bonds is 3. The molecule has 25 heavy (non-hydrogen) atoms. The number of nitrogens with two attached hydrogens (primary N) is 1. The van der Waals surface area contributed by atoms with Crippen molar-refractivity contribution in [3.8, 4) is 0 Å². The number of hydrogen-bond acceptors (Lipinski definition) is 2. The van der Waals surface area contributed by atoms with Gasteiger partial charge in [-0.2, -0.15) is 0 Å². The minimum absolute atomic E-state index is 0.0218. The highest BCUT2D eigenvalue weighted by molar-refractivity contribution is 7.89. The molecule has 0 aliphatic heterocycles. The third-order valence-corrected chi connectivity index (χ3v) is 5.44. The second-order valence-electron chi connectivity index (χ2n) is 5.78. The van der Waals surface area contributed by atoms with E-state index in [2.05, 4.69) is 0 Å². The molecule has 132 valence electrons. The van der Waals surface area contributed by atoms with Crippen LogP contribution in [-0.2, 0) is 10.0 Å². The molecular formula is C17H13Cl2F2NO2S. The second kappa shape index (κ2) is 6.68. The Kier molecular flexibility index (Phi) is 4.90. The van der Waals surface area contributed by atoms with Crippen molar-refractivity contribution in [2.75, 3.05) is 0 Å². The predicted octanol–water partition coefficient (Wildman–Crippen LogP) is 5.01. The third-order valence-electron chi connectivity index (χ3n) is 4.08. The van der Waals surface area contributed by atoms with Crippen molar-refractivity contribution in [3.05, 3.63) is 63.1 Å². The van der Waals surface area contributed by atoms with E-state index in [1.54, 1.807) is 18.2 Å². The normalized spacial score (nSPS) is 15.1. The molecule has 0 saturated carbocycles. The Balaban J connectivity index is 2.19. The quantitative estimate of drug-likeness (QED) is 0.782. The van der Waals surface area contributed by atoms with E-state index in [1.165, 1.54) is 0 Å². The molecule has 2 aromatic rings. The van der Waals surface area contributed by atoms with E-state index in [1.807, 2.05) is 0 Å². The molecule has 0 amide bonds. The molecule has 0 spiro atoms. The fourth-order valence-electron chi connectivity index (χ4n) is 3.07. The maximum absolute atomic E-state index is 14.5. The number of primary sulfonamides is 1. The maximum atomic E-state index is 14.5. The number of allylic oxidation sites excluding steroid dienone is 2. The molecule has 8 heteroatoms. The van der Waals surface area contributed by atoms with Crippen molar-refractivity contribution in [3.63, 3.8) is 0 Å². The van der Waals surface area contributed by atoms with Crippen LogP contribution in [0.25, 0.3) is 11.1 Å². The van der Waals surface area contributed by atoms with E-state index in [0.29, 0.717) is 34.5 Å². The van der Waals surface area contributed by atoms with Crippen molar-refractivity contribution < 1.29 is 17.2 Å². The van der Waals surface area contributed by atoms with Gasteiger partial charge < -0.3 is 0 Å². The highest BCUT2D eigenvalue weighted by Crippen LogP contribution is 2.42. The zero-order valence-electron chi connectivity index (χ0n) is 12.8. The van der Waals surface area contributed by atoms with Gasteiger partial charge in [0.15, 0.2) is 0 Å². The summed E-state index contributed by atoms with van der Waals surface area (Å²) in [6.07, 6.45) is 1.95. The molecule has 0 radical (unpaired) electrons. The Bertz CT molecular complexity index is 984. The minimum Gasteiger partial charge on any atom is -0.225 e. The average Bonchev–Trinajstić information content (AvgIpc) is 2.96. The Hall–Kier alpha value is -1.47. The van der Waals surface area contributed by atoms with Gasteiger partial charge in [0.2, 0.25) is 10.0 Å². The highest BCUT2D eigenvalue weighted by Gasteiger charge is 2.24. The molecule has 2 aromatic carbocycles. The van der Waals surface area contributed by atoms with Crippen LogP contribution in [-0.4, -0.2) is 8.42 Å². The minimum atomic E-state index is -4.34. The topological polar surface area (TPSA) is 60.2 Å². The summed E-state index contributed by atoms with van der Waals surface area (Å²) in [7, 11) is -4.34. The molecule has 0 saturated heterocycles. The van der Waals surface area contributed by atoms with Gasteiger partial charge in [0.05, 0.1) is 0 Å². The number of sulfonamides is 1. The van der Waals surface area contributed by atoms with Gasteiger partial charge in [-0.15, -0.1) is 0 Å². The molecular weight excluding hydrogens is 391 g/mol. The fraction of sp³-hybridized carbons (Fsp3) is 0.176. The van der Waals surface area contributed by atoms with Gasteiger partial charge in [0.25, 0.3) is 0 Å². The van der Waals surface area contributed by atoms with Crippen LogP contribution < -0.4 is 5.14 Å². The SMILES string of the molecule is NS(=O)(=O)c1cc(F)c(C2=C(c3cc(Cl)cc(Cl)c3)CCC2)cc1F. The van der Waals surface area contributed by atoms with E-state index in [9.17, 15) is 17.2 Å². The Morgan fingerprint density at radius 3 is 2.08 bits per heavy atom. The van der Waals surface area contributed by atoms with Crippen LogP contribution in [0.15, 0.2) is 35.2 Å². The summed E-state index contributed by atoms with van der Waals surface area (Å²) in [6, 6.07) is 6.50. The first kappa shape index (κ1) is 18.3. The number of benzene rings is 2. The number of hydrogen-bond donors (Lipinski definition) is 1. The first-order chi connectivity index (χ1) is 11.7. The van der Waals surface area contributed by atoms with Crippen LogP contribution in [0.2, 0.25) is 10.0 Å². The van der Waals surface area contributed by atoms with E-state index >= 15 is 0 Å². The molecule has 0 aromatic heterocycles. The smallest absolute Gasteiger partial charge is 0.225 e. The Labute approximate surface area is 154 Å². The summed E-state index contributed by atoms with van der Waals surface area (Å²) in [5.74, 6) is -1.92. The van der Waals surface area contributed by atoms with E-state index in [-0.39, 0.29) is 5.56 Å². The van der Waals surface area contributed by atoms with E-state index < -0.39 is 26.6 Å². The van der Waals surface area contributed by atoms with Crippen LogP contribution in [0.4, 0.5) is 8.78 Å². The molecule has 1 aliphatic carbocycles. The molecule has 0 heterocycles. The van der Waals surface area contributed by atoms with Crippen LogP contribution >= 0.6 is 23.2 Å². The van der Waals surface area contributed by atoms with Crippen molar-refractivity contribution in [2.24, 2.45) is 5.14 Å². The lowest BCUT2D eigenvalue weighted by Crippen LogP contribution is -2.15. The van der Waals surface area contributed by atoms with Crippen LogP contribution in [0.1, 0.15) is 30.4 Å². The van der Waals surface area contributed by atoms with Crippen molar-refractivity contribution in [1.82, 2.24) is 0 Å². The van der Waals surface area contributed by atoms with E-state index in [4.69, 9.17) is 28.3 Å². The van der Waals surface area contributed by atoms with Crippen molar-refractivity contribution in [2.45, 2.75) is 24.2 Å².